The van der Waals surface area contributed by atoms with Crippen LogP contribution in [0.5, 0.6) is 5.75 Å². The normalized spacial score (nSPS) is 14.5. The SMILES string of the molecule is COC(=O)C(C)CC(O)c1ccc(OC(F)(F)F)cc1. The van der Waals surface area contributed by atoms with Gasteiger partial charge in [-0.3, -0.25) is 4.79 Å². The van der Waals surface area contributed by atoms with Gasteiger partial charge >= 0.3 is 12.3 Å². The zero-order valence-electron chi connectivity index (χ0n) is 11.0. The number of carbonyl (C=O) groups is 1. The molecule has 1 rings (SSSR count). The van der Waals surface area contributed by atoms with Crippen molar-refractivity contribution in [3.63, 3.8) is 0 Å². The largest absolute Gasteiger partial charge is 0.573 e. The smallest absolute Gasteiger partial charge is 0.469 e. The lowest BCUT2D eigenvalue weighted by Crippen LogP contribution is -2.17. The highest BCUT2D eigenvalue weighted by molar-refractivity contribution is 5.71. The summed E-state index contributed by atoms with van der Waals surface area (Å²) >= 11 is 0. The predicted octanol–water partition coefficient (Wildman–Crippen LogP) is 2.82. The molecule has 0 heterocycles. The summed E-state index contributed by atoms with van der Waals surface area (Å²) in [6, 6.07) is 4.84. The fraction of sp³-hybridized carbons (Fsp3) is 0.462. The van der Waals surface area contributed by atoms with E-state index >= 15 is 0 Å². The van der Waals surface area contributed by atoms with Gasteiger partial charge in [0.05, 0.1) is 19.1 Å². The third-order valence-corrected chi connectivity index (χ3v) is 2.68. The molecule has 0 aliphatic carbocycles. The fourth-order valence-electron chi connectivity index (χ4n) is 1.66. The van der Waals surface area contributed by atoms with Gasteiger partial charge in [0.15, 0.2) is 0 Å². The highest BCUT2D eigenvalue weighted by Crippen LogP contribution is 2.26. The van der Waals surface area contributed by atoms with Crippen LogP contribution in [-0.4, -0.2) is 24.5 Å². The van der Waals surface area contributed by atoms with Crippen LogP contribution < -0.4 is 4.74 Å². The van der Waals surface area contributed by atoms with E-state index in [2.05, 4.69) is 9.47 Å². The number of hydrogen-bond donors (Lipinski definition) is 1. The molecule has 0 saturated heterocycles. The summed E-state index contributed by atoms with van der Waals surface area (Å²) in [5.74, 6) is -1.34. The summed E-state index contributed by atoms with van der Waals surface area (Å²) in [5.41, 5.74) is 0.398. The van der Waals surface area contributed by atoms with Crippen LogP contribution in [0.1, 0.15) is 25.0 Å². The van der Waals surface area contributed by atoms with Crippen LogP contribution in [0.25, 0.3) is 0 Å². The first-order chi connectivity index (χ1) is 9.23. The molecule has 4 nitrogen and oxygen atoms in total. The van der Waals surface area contributed by atoms with Gasteiger partial charge in [0, 0.05) is 0 Å². The molecule has 1 aromatic carbocycles. The van der Waals surface area contributed by atoms with Gasteiger partial charge in [0.25, 0.3) is 0 Å². The first-order valence-corrected chi connectivity index (χ1v) is 5.84. The molecule has 0 radical (unpaired) electrons. The lowest BCUT2D eigenvalue weighted by Gasteiger charge is -2.15. The quantitative estimate of drug-likeness (QED) is 0.848. The molecule has 0 fully saturated rings. The third-order valence-electron chi connectivity index (χ3n) is 2.68. The average Bonchev–Trinajstić information content (AvgIpc) is 2.36. The van der Waals surface area contributed by atoms with Crippen molar-refractivity contribution in [1.82, 2.24) is 0 Å². The number of hydrogen-bond acceptors (Lipinski definition) is 4. The number of rotatable bonds is 5. The van der Waals surface area contributed by atoms with Crippen LogP contribution in [0.15, 0.2) is 24.3 Å². The molecule has 2 atom stereocenters. The van der Waals surface area contributed by atoms with Crippen molar-refractivity contribution in [1.29, 1.82) is 0 Å². The summed E-state index contributed by atoms with van der Waals surface area (Å²) < 4.78 is 44.2. The van der Waals surface area contributed by atoms with Crippen LogP contribution in [-0.2, 0) is 9.53 Å². The number of esters is 1. The third kappa shape index (κ3) is 5.08. The molecule has 1 aromatic rings. The van der Waals surface area contributed by atoms with E-state index in [-0.39, 0.29) is 12.2 Å². The lowest BCUT2D eigenvalue weighted by molar-refractivity contribution is -0.274. The van der Waals surface area contributed by atoms with Gasteiger partial charge in [0.1, 0.15) is 5.75 Å². The van der Waals surface area contributed by atoms with Gasteiger partial charge in [-0.15, -0.1) is 13.2 Å². The van der Waals surface area contributed by atoms with E-state index in [0.29, 0.717) is 5.56 Å². The molecule has 0 aliphatic rings. The number of benzene rings is 1. The average molecular weight is 292 g/mol. The van der Waals surface area contributed by atoms with Gasteiger partial charge in [-0.1, -0.05) is 19.1 Å². The number of ether oxygens (including phenoxy) is 2. The summed E-state index contributed by atoms with van der Waals surface area (Å²) in [4.78, 5) is 11.2. The monoisotopic (exact) mass is 292 g/mol. The maximum absolute atomic E-state index is 12.0. The van der Waals surface area contributed by atoms with Crippen molar-refractivity contribution in [2.45, 2.75) is 25.8 Å². The highest BCUT2D eigenvalue weighted by atomic mass is 19.4. The Morgan fingerprint density at radius 1 is 1.30 bits per heavy atom. The Morgan fingerprint density at radius 2 is 1.85 bits per heavy atom. The summed E-state index contributed by atoms with van der Waals surface area (Å²) in [6.07, 6.45) is -5.60. The molecular weight excluding hydrogens is 277 g/mol. The number of aliphatic hydroxyl groups is 1. The minimum absolute atomic E-state index is 0.117. The maximum atomic E-state index is 12.0. The first kappa shape index (κ1) is 16.3. The molecule has 2 unspecified atom stereocenters. The Hall–Kier alpha value is -1.76. The number of aliphatic hydroxyl groups excluding tert-OH is 1. The molecule has 0 aliphatic heterocycles. The second-order valence-corrected chi connectivity index (χ2v) is 4.29. The summed E-state index contributed by atoms with van der Waals surface area (Å²) in [7, 11) is 1.24. The van der Waals surface area contributed by atoms with E-state index in [1.54, 1.807) is 6.92 Å². The Balaban J connectivity index is 2.66. The molecule has 0 bridgehead atoms. The van der Waals surface area contributed by atoms with E-state index in [4.69, 9.17) is 0 Å². The second kappa shape index (κ2) is 6.60. The van der Waals surface area contributed by atoms with Gasteiger partial charge in [-0.25, -0.2) is 0 Å². The topological polar surface area (TPSA) is 55.8 Å². The minimum atomic E-state index is -4.75. The van der Waals surface area contributed by atoms with Crippen molar-refractivity contribution in [2.75, 3.05) is 7.11 Å². The van der Waals surface area contributed by atoms with E-state index in [0.717, 1.165) is 12.1 Å². The Bertz CT molecular complexity index is 442. The standard InChI is InChI=1S/C13H15F3O4/c1-8(12(18)19-2)7-11(17)9-3-5-10(6-4-9)20-13(14,15)16/h3-6,8,11,17H,7H2,1-2H3. The second-order valence-electron chi connectivity index (χ2n) is 4.29. The Morgan fingerprint density at radius 3 is 2.30 bits per heavy atom. The van der Waals surface area contributed by atoms with E-state index in [1.807, 2.05) is 0 Å². The molecule has 0 spiro atoms. The van der Waals surface area contributed by atoms with Crippen molar-refractivity contribution >= 4 is 5.97 Å². The minimum Gasteiger partial charge on any atom is -0.469 e. The number of methoxy groups -OCH3 is 1. The van der Waals surface area contributed by atoms with Crippen molar-refractivity contribution in [2.24, 2.45) is 5.92 Å². The summed E-state index contributed by atoms with van der Waals surface area (Å²) in [5, 5.41) is 9.89. The van der Waals surface area contributed by atoms with Crippen molar-refractivity contribution in [3.8, 4) is 5.75 Å². The molecule has 20 heavy (non-hydrogen) atoms. The molecule has 7 heteroatoms. The zero-order chi connectivity index (χ0) is 15.3. The van der Waals surface area contributed by atoms with Gasteiger partial charge in [0.2, 0.25) is 0 Å². The molecule has 0 aromatic heterocycles. The fourth-order valence-corrected chi connectivity index (χ4v) is 1.66. The number of carbonyl (C=O) groups excluding carboxylic acids is 1. The van der Waals surface area contributed by atoms with E-state index < -0.39 is 24.4 Å². The van der Waals surface area contributed by atoms with Gasteiger partial charge < -0.3 is 14.6 Å². The van der Waals surface area contributed by atoms with Crippen LogP contribution in [0.2, 0.25) is 0 Å². The van der Waals surface area contributed by atoms with Gasteiger partial charge in [-0.05, 0) is 24.1 Å². The number of alkyl halides is 3. The molecule has 112 valence electrons. The van der Waals surface area contributed by atoms with Crippen molar-refractivity contribution < 1.29 is 32.5 Å². The first-order valence-electron chi connectivity index (χ1n) is 5.84. The van der Waals surface area contributed by atoms with E-state index in [1.165, 1.54) is 19.2 Å². The predicted molar refractivity (Wildman–Crippen MR) is 63.9 cm³/mol. The van der Waals surface area contributed by atoms with Gasteiger partial charge in [-0.2, -0.15) is 0 Å². The van der Waals surface area contributed by atoms with Crippen molar-refractivity contribution in [3.05, 3.63) is 29.8 Å². The molecular formula is C13H15F3O4. The maximum Gasteiger partial charge on any atom is 0.573 e. The molecule has 0 amide bonds. The van der Waals surface area contributed by atoms with Crippen LogP contribution >= 0.6 is 0 Å². The zero-order valence-corrected chi connectivity index (χ0v) is 11.0. The van der Waals surface area contributed by atoms with E-state index in [9.17, 15) is 23.1 Å². The lowest BCUT2D eigenvalue weighted by atomic mass is 9.98. The number of halogens is 3. The Labute approximate surface area is 114 Å². The van der Waals surface area contributed by atoms with Crippen LogP contribution in [0, 0.1) is 5.92 Å². The molecule has 1 N–H and O–H groups in total. The molecule has 0 saturated carbocycles. The Kier molecular flexibility index (Phi) is 5.38. The van der Waals surface area contributed by atoms with Crippen LogP contribution in [0.3, 0.4) is 0 Å². The highest BCUT2D eigenvalue weighted by Gasteiger charge is 2.31. The van der Waals surface area contributed by atoms with Crippen LogP contribution in [0.4, 0.5) is 13.2 Å². The summed E-state index contributed by atoms with van der Waals surface area (Å²) in [6.45, 7) is 1.59.